The Morgan fingerprint density at radius 2 is 1.86 bits per heavy atom. The first-order valence-electron chi connectivity index (χ1n) is 3.96. The van der Waals surface area contributed by atoms with Gasteiger partial charge in [0.05, 0.1) is 9.92 Å². The van der Waals surface area contributed by atoms with E-state index in [-0.39, 0.29) is 9.92 Å². The lowest BCUT2D eigenvalue weighted by Crippen LogP contribution is -1.91. The molecule has 0 saturated carbocycles. The molecule has 2 aromatic rings. The molecule has 1 atom stereocenters. The molecule has 0 aliphatic rings. The summed E-state index contributed by atoms with van der Waals surface area (Å²) >= 11 is 3.51. The van der Waals surface area contributed by atoms with Crippen LogP contribution >= 0.6 is 11.6 Å². The minimum Gasteiger partial charge on any atom is -0.768 e. The summed E-state index contributed by atoms with van der Waals surface area (Å²) in [6, 6.07) is 10.6. The monoisotopic (exact) mass is 225 g/mol. The van der Waals surface area contributed by atoms with E-state index in [0.29, 0.717) is 5.39 Å². The van der Waals surface area contributed by atoms with Crippen molar-refractivity contribution in [3.8, 4) is 0 Å². The van der Waals surface area contributed by atoms with Crippen LogP contribution in [0.15, 0.2) is 41.3 Å². The van der Waals surface area contributed by atoms with Crippen LogP contribution < -0.4 is 0 Å². The molecule has 72 valence electrons. The Balaban J connectivity index is 2.90. The van der Waals surface area contributed by atoms with Gasteiger partial charge < -0.3 is 4.55 Å². The first-order valence-corrected chi connectivity index (χ1v) is 5.42. The highest BCUT2D eigenvalue weighted by Crippen LogP contribution is 2.28. The second-order valence-corrected chi connectivity index (χ2v) is 4.12. The largest absolute Gasteiger partial charge is 0.768 e. The molecular weight excluding hydrogens is 220 g/mol. The Labute approximate surface area is 88.8 Å². The maximum Gasteiger partial charge on any atom is 0.0562 e. The molecule has 0 aliphatic heterocycles. The van der Waals surface area contributed by atoms with Crippen LogP contribution in [0.1, 0.15) is 0 Å². The molecule has 2 nitrogen and oxygen atoms in total. The summed E-state index contributed by atoms with van der Waals surface area (Å²) < 4.78 is 21.9. The Morgan fingerprint density at radius 1 is 1.14 bits per heavy atom. The molecule has 2 aromatic carbocycles. The van der Waals surface area contributed by atoms with Crippen molar-refractivity contribution in [3.63, 3.8) is 0 Å². The fourth-order valence-corrected chi connectivity index (χ4v) is 2.33. The van der Waals surface area contributed by atoms with Crippen molar-refractivity contribution in [2.75, 3.05) is 0 Å². The summed E-state index contributed by atoms with van der Waals surface area (Å²) in [6.45, 7) is 0. The first-order chi connectivity index (χ1) is 6.70. The minimum atomic E-state index is -2.30. The van der Waals surface area contributed by atoms with Crippen LogP contribution in [0.25, 0.3) is 10.8 Å². The smallest absolute Gasteiger partial charge is 0.0562 e. The lowest BCUT2D eigenvalue weighted by molar-refractivity contribution is 0.538. The molecule has 0 amide bonds. The Bertz CT molecular complexity index is 510. The van der Waals surface area contributed by atoms with E-state index in [9.17, 15) is 8.76 Å². The van der Waals surface area contributed by atoms with Crippen LogP contribution in [-0.4, -0.2) is 8.76 Å². The van der Waals surface area contributed by atoms with Gasteiger partial charge in [-0.25, -0.2) is 0 Å². The van der Waals surface area contributed by atoms with Gasteiger partial charge in [0.1, 0.15) is 0 Å². The van der Waals surface area contributed by atoms with E-state index in [2.05, 4.69) is 0 Å². The maximum atomic E-state index is 11.0. The van der Waals surface area contributed by atoms with Gasteiger partial charge in [-0.1, -0.05) is 41.9 Å². The van der Waals surface area contributed by atoms with E-state index >= 15 is 0 Å². The molecule has 0 heterocycles. The maximum absolute atomic E-state index is 11.0. The minimum absolute atomic E-state index is 0.171. The zero-order valence-corrected chi connectivity index (χ0v) is 8.64. The standard InChI is InChI=1S/C10H7ClO2S/c11-9-6-5-7-3-1-2-4-8(7)10(9)14(12)13/h1-6H,(H,12,13)/p-1. The average molecular weight is 226 g/mol. The summed E-state index contributed by atoms with van der Waals surface area (Å²) in [4.78, 5) is 0.171. The number of hydrogen-bond acceptors (Lipinski definition) is 2. The topological polar surface area (TPSA) is 40.1 Å². The second-order valence-electron chi connectivity index (χ2n) is 2.83. The van der Waals surface area contributed by atoms with Gasteiger partial charge in [0.25, 0.3) is 0 Å². The molecule has 0 aromatic heterocycles. The molecule has 0 aliphatic carbocycles. The Hall–Kier alpha value is -0.900. The predicted molar refractivity (Wildman–Crippen MR) is 56.1 cm³/mol. The van der Waals surface area contributed by atoms with Gasteiger partial charge in [0.15, 0.2) is 0 Å². The van der Waals surface area contributed by atoms with Crippen LogP contribution in [0.3, 0.4) is 0 Å². The summed E-state index contributed by atoms with van der Waals surface area (Å²) in [5.74, 6) is 0. The number of rotatable bonds is 1. The fourth-order valence-electron chi connectivity index (χ4n) is 1.39. The Kier molecular flexibility index (Phi) is 2.54. The third kappa shape index (κ3) is 1.54. The molecule has 4 heteroatoms. The van der Waals surface area contributed by atoms with Gasteiger partial charge in [-0.05, 0) is 27.9 Å². The van der Waals surface area contributed by atoms with Crippen molar-refractivity contribution >= 4 is 33.5 Å². The van der Waals surface area contributed by atoms with E-state index in [1.807, 2.05) is 12.1 Å². The number of hydrogen-bond donors (Lipinski definition) is 0. The highest BCUT2D eigenvalue weighted by molar-refractivity contribution is 7.79. The van der Waals surface area contributed by atoms with Gasteiger partial charge in [-0.3, -0.25) is 4.21 Å². The molecule has 0 N–H and O–H groups in total. The van der Waals surface area contributed by atoms with Crippen molar-refractivity contribution in [3.05, 3.63) is 41.4 Å². The summed E-state index contributed by atoms with van der Waals surface area (Å²) in [6.07, 6.45) is 0. The van der Waals surface area contributed by atoms with Crippen LogP contribution in [0.5, 0.6) is 0 Å². The van der Waals surface area contributed by atoms with Gasteiger partial charge in [-0.15, -0.1) is 0 Å². The zero-order valence-electron chi connectivity index (χ0n) is 7.07. The van der Waals surface area contributed by atoms with Gasteiger partial charge in [0, 0.05) is 0 Å². The molecule has 0 fully saturated rings. The van der Waals surface area contributed by atoms with Gasteiger partial charge in [0.2, 0.25) is 0 Å². The quantitative estimate of drug-likeness (QED) is 0.701. The van der Waals surface area contributed by atoms with Crippen molar-refractivity contribution < 1.29 is 8.76 Å². The van der Waals surface area contributed by atoms with Crippen LogP contribution in [0.2, 0.25) is 5.02 Å². The van der Waals surface area contributed by atoms with Crippen LogP contribution in [-0.2, 0) is 11.1 Å². The molecule has 0 radical (unpaired) electrons. The van der Waals surface area contributed by atoms with Crippen LogP contribution in [0.4, 0.5) is 0 Å². The molecule has 2 rings (SSSR count). The molecule has 0 spiro atoms. The van der Waals surface area contributed by atoms with Crippen molar-refractivity contribution in [1.29, 1.82) is 0 Å². The number of benzene rings is 2. The lowest BCUT2D eigenvalue weighted by Gasteiger charge is -2.10. The normalized spacial score (nSPS) is 13.0. The molecule has 14 heavy (non-hydrogen) atoms. The van der Waals surface area contributed by atoms with Crippen molar-refractivity contribution in [1.82, 2.24) is 0 Å². The third-order valence-electron chi connectivity index (χ3n) is 2.00. The van der Waals surface area contributed by atoms with Crippen molar-refractivity contribution in [2.24, 2.45) is 0 Å². The Morgan fingerprint density at radius 3 is 2.57 bits per heavy atom. The fraction of sp³-hybridized carbons (Fsp3) is 0. The highest BCUT2D eigenvalue weighted by atomic mass is 35.5. The van der Waals surface area contributed by atoms with E-state index in [1.165, 1.54) is 0 Å². The number of fused-ring (bicyclic) bond motifs is 1. The second kappa shape index (κ2) is 3.69. The SMILES string of the molecule is O=S([O-])c1c(Cl)ccc2ccccc12. The first kappa shape index (κ1) is 9.65. The molecular formula is C10H6ClO2S-. The number of halogens is 1. The third-order valence-corrected chi connectivity index (χ3v) is 3.20. The summed E-state index contributed by atoms with van der Waals surface area (Å²) in [5, 5.41) is 1.79. The molecule has 0 saturated heterocycles. The molecule has 1 unspecified atom stereocenters. The van der Waals surface area contributed by atoms with E-state index in [0.717, 1.165) is 5.39 Å². The van der Waals surface area contributed by atoms with Crippen molar-refractivity contribution in [2.45, 2.75) is 4.90 Å². The predicted octanol–water partition coefficient (Wildman–Crippen LogP) is 2.73. The van der Waals surface area contributed by atoms with Gasteiger partial charge >= 0.3 is 0 Å². The van der Waals surface area contributed by atoms with E-state index in [4.69, 9.17) is 11.6 Å². The van der Waals surface area contributed by atoms with E-state index in [1.54, 1.807) is 24.3 Å². The van der Waals surface area contributed by atoms with Gasteiger partial charge in [-0.2, -0.15) is 0 Å². The van der Waals surface area contributed by atoms with E-state index < -0.39 is 11.1 Å². The van der Waals surface area contributed by atoms with Crippen LogP contribution in [0, 0.1) is 0 Å². The average Bonchev–Trinajstić information content (AvgIpc) is 2.17. The lowest BCUT2D eigenvalue weighted by atomic mass is 10.1. The highest BCUT2D eigenvalue weighted by Gasteiger charge is 2.05. The molecule has 0 bridgehead atoms. The summed E-state index contributed by atoms with van der Waals surface area (Å²) in [5.41, 5.74) is 0. The zero-order chi connectivity index (χ0) is 10.1. The summed E-state index contributed by atoms with van der Waals surface area (Å²) in [7, 11) is 0.